The monoisotopic (exact) mass is 227 g/mol. The van der Waals surface area contributed by atoms with Gasteiger partial charge in [0, 0.05) is 26.3 Å². The number of aromatic nitrogens is 2. The summed E-state index contributed by atoms with van der Waals surface area (Å²) in [5.74, 6) is 0.145. The second kappa shape index (κ2) is 5.62. The van der Waals surface area contributed by atoms with E-state index < -0.39 is 6.29 Å². The van der Waals surface area contributed by atoms with Crippen molar-refractivity contribution in [3.8, 4) is 0 Å². The Morgan fingerprint density at radius 2 is 2.00 bits per heavy atom. The van der Waals surface area contributed by atoms with Gasteiger partial charge in [0.1, 0.15) is 5.69 Å². The number of hydrogen-bond donors (Lipinski definition) is 1. The first-order valence-electron chi connectivity index (χ1n) is 5.16. The summed E-state index contributed by atoms with van der Waals surface area (Å²) in [7, 11) is 1.56. The molecule has 0 unspecified atom stereocenters. The average Bonchev–Trinajstić information content (AvgIpc) is 2.25. The molecule has 1 aromatic rings. The van der Waals surface area contributed by atoms with Crippen LogP contribution in [0.5, 0.6) is 0 Å². The van der Waals surface area contributed by atoms with Crippen LogP contribution in [0.25, 0.3) is 0 Å². The van der Waals surface area contributed by atoms with E-state index in [1.54, 1.807) is 7.05 Å². The van der Waals surface area contributed by atoms with Crippen molar-refractivity contribution in [1.29, 1.82) is 0 Å². The molecule has 0 spiro atoms. The van der Waals surface area contributed by atoms with Gasteiger partial charge in [-0.3, -0.25) is 9.36 Å². The first-order chi connectivity index (χ1) is 7.60. The normalized spacial score (nSPS) is 11.0. The van der Waals surface area contributed by atoms with Gasteiger partial charge < -0.3 is 15.2 Å². The maximum Gasteiger partial charge on any atom is 0.255 e. The molecule has 1 aromatic heterocycles. The molecule has 0 saturated heterocycles. The molecule has 0 atom stereocenters. The lowest BCUT2D eigenvalue weighted by atomic mass is 10.4. The summed E-state index contributed by atoms with van der Waals surface area (Å²) in [6.07, 6.45) is -0.633. The highest BCUT2D eigenvalue weighted by Gasteiger charge is 2.15. The maximum atomic E-state index is 11.5. The molecule has 0 aliphatic heterocycles. The van der Waals surface area contributed by atoms with E-state index in [2.05, 4.69) is 4.98 Å². The van der Waals surface area contributed by atoms with Crippen LogP contribution in [0.1, 0.15) is 25.8 Å². The van der Waals surface area contributed by atoms with Gasteiger partial charge >= 0.3 is 0 Å². The lowest BCUT2D eigenvalue weighted by molar-refractivity contribution is -0.142. The average molecular weight is 227 g/mol. The minimum Gasteiger partial charge on any atom is -0.369 e. The third kappa shape index (κ3) is 2.80. The first-order valence-corrected chi connectivity index (χ1v) is 5.16. The molecular formula is C10H17N3O3. The Labute approximate surface area is 94.0 Å². The van der Waals surface area contributed by atoms with Crippen LogP contribution in [0.15, 0.2) is 10.9 Å². The second-order valence-corrected chi connectivity index (χ2v) is 3.18. The number of rotatable bonds is 5. The standard InChI is InChI=1S/C10H17N3O3/c1-4-15-9(16-5-2)7-6-8(14)13(3)10(11)12-7/h6,9H,4-5H2,1-3H3,(H2,11,12). The van der Waals surface area contributed by atoms with E-state index in [-0.39, 0.29) is 11.5 Å². The molecule has 0 aromatic carbocycles. The van der Waals surface area contributed by atoms with Crippen LogP contribution in [0.4, 0.5) is 5.95 Å². The maximum absolute atomic E-state index is 11.5. The van der Waals surface area contributed by atoms with Crippen LogP contribution in [0, 0.1) is 0 Å². The predicted molar refractivity (Wildman–Crippen MR) is 59.9 cm³/mol. The van der Waals surface area contributed by atoms with Gasteiger partial charge in [-0.25, -0.2) is 4.98 Å². The summed E-state index contributed by atoms with van der Waals surface area (Å²) in [5, 5.41) is 0. The summed E-state index contributed by atoms with van der Waals surface area (Å²) in [5.41, 5.74) is 5.77. The van der Waals surface area contributed by atoms with Crippen molar-refractivity contribution in [1.82, 2.24) is 9.55 Å². The van der Waals surface area contributed by atoms with Crippen LogP contribution in [-0.2, 0) is 16.5 Å². The van der Waals surface area contributed by atoms with Gasteiger partial charge in [-0.15, -0.1) is 0 Å². The van der Waals surface area contributed by atoms with Crippen LogP contribution in [0.2, 0.25) is 0 Å². The minimum absolute atomic E-state index is 0.145. The molecule has 90 valence electrons. The van der Waals surface area contributed by atoms with Gasteiger partial charge in [-0.1, -0.05) is 0 Å². The van der Waals surface area contributed by atoms with Crippen LogP contribution in [0.3, 0.4) is 0 Å². The quantitative estimate of drug-likeness (QED) is 0.738. The van der Waals surface area contributed by atoms with Crippen LogP contribution < -0.4 is 11.3 Å². The summed E-state index contributed by atoms with van der Waals surface area (Å²) in [6, 6.07) is 1.37. The van der Waals surface area contributed by atoms with Crippen molar-refractivity contribution in [2.24, 2.45) is 7.05 Å². The van der Waals surface area contributed by atoms with Crippen molar-refractivity contribution in [3.63, 3.8) is 0 Å². The van der Waals surface area contributed by atoms with Gasteiger partial charge in [0.2, 0.25) is 12.2 Å². The van der Waals surface area contributed by atoms with Crippen molar-refractivity contribution in [3.05, 3.63) is 22.1 Å². The zero-order valence-electron chi connectivity index (χ0n) is 9.77. The third-order valence-corrected chi connectivity index (χ3v) is 2.07. The zero-order chi connectivity index (χ0) is 12.1. The van der Waals surface area contributed by atoms with Gasteiger partial charge in [-0.05, 0) is 13.8 Å². The highest BCUT2D eigenvalue weighted by molar-refractivity contribution is 5.20. The van der Waals surface area contributed by atoms with Gasteiger partial charge in [0.15, 0.2) is 0 Å². The molecule has 0 aliphatic carbocycles. The Morgan fingerprint density at radius 3 is 2.44 bits per heavy atom. The number of nitrogens with zero attached hydrogens (tertiary/aromatic N) is 2. The summed E-state index contributed by atoms with van der Waals surface area (Å²) in [4.78, 5) is 15.6. The van der Waals surface area contributed by atoms with Crippen molar-refractivity contribution < 1.29 is 9.47 Å². The molecule has 6 heteroatoms. The van der Waals surface area contributed by atoms with E-state index in [0.29, 0.717) is 18.9 Å². The molecule has 0 bridgehead atoms. The molecule has 6 nitrogen and oxygen atoms in total. The lowest BCUT2D eigenvalue weighted by Crippen LogP contribution is -2.24. The number of ether oxygens (including phenoxy) is 2. The molecular weight excluding hydrogens is 210 g/mol. The summed E-state index contributed by atoms with van der Waals surface area (Å²) < 4.78 is 11.9. The number of hydrogen-bond acceptors (Lipinski definition) is 5. The minimum atomic E-state index is -0.633. The van der Waals surface area contributed by atoms with Crippen LogP contribution >= 0.6 is 0 Å². The zero-order valence-corrected chi connectivity index (χ0v) is 9.77. The first kappa shape index (κ1) is 12.7. The molecule has 1 heterocycles. The molecule has 16 heavy (non-hydrogen) atoms. The number of anilines is 1. The highest BCUT2D eigenvalue weighted by atomic mass is 16.7. The molecule has 0 aliphatic rings. The van der Waals surface area contributed by atoms with E-state index in [9.17, 15) is 4.79 Å². The fraction of sp³-hybridized carbons (Fsp3) is 0.600. The van der Waals surface area contributed by atoms with Crippen molar-refractivity contribution >= 4 is 5.95 Å². The Hall–Kier alpha value is -1.40. The predicted octanol–water partition coefficient (Wildman–Crippen LogP) is 0.434. The van der Waals surface area contributed by atoms with Crippen molar-refractivity contribution in [2.45, 2.75) is 20.1 Å². The van der Waals surface area contributed by atoms with E-state index in [1.807, 2.05) is 13.8 Å². The molecule has 0 radical (unpaired) electrons. The largest absolute Gasteiger partial charge is 0.369 e. The Kier molecular flexibility index (Phi) is 4.45. The fourth-order valence-corrected chi connectivity index (χ4v) is 1.22. The highest BCUT2D eigenvalue weighted by Crippen LogP contribution is 2.15. The van der Waals surface area contributed by atoms with Crippen molar-refractivity contribution in [2.75, 3.05) is 18.9 Å². The van der Waals surface area contributed by atoms with Gasteiger partial charge in [-0.2, -0.15) is 0 Å². The molecule has 1 rings (SSSR count). The second-order valence-electron chi connectivity index (χ2n) is 3.18. The fourth-order valence-electron chi connectivity index (χ4n) is 1.22. The number of nitrogens with two attached hydrogens (primary N) is 1. The van der Waals surface area contributed by atoms with E-state index in [1.165, 1.54) is 10.6 Å². The van der Waals surface area contributed by atoms with Crippen LogP contribution in [-0.4, -0.2) is 22.8 Å². The SMILES string of the molecule is CCOC(OCC)c1cc(=O)n(C)c(N)n1. The molecule has 2 N–H and O–H groups in total. The Balaban J connectivity index is 3.05. The van der Waals surface area contributed by atoms with E-state index in [4.69, 9.17) is 15.2 Å². The van der Waals surface area contributed by atoms with E-state index >= 15 is 0 Å². The smallest absolute Gasteiger partial charge is 0.255 e. The molecule has 0 amide bonds. The van der Waals surface area contributed by atoms with Gasteiger partial charge in [0.05, 0.1) is 0 Å². The molecule has 0 saturated carbocycles. The molecule has 0 fully saturated rings. The summed E-state index contributed by atoms with van der Waals surface area (Å²) in [6.45, 7) is 4.63. The lowest BCUT2D eigenvalue weighted by Gasteiger charge is -2.16. The topological polar surface area (TPSA) is 79.4 Å². The third-order valence-electron chi connectivity index (χ3n) is 2.07. The van der Waals surface area contributed by atoms with E-state index in [0.717, 1.165) is 0 Å². The van der Waals surface area contributed by atoms with Gasteiger partial charge in [0.25, 0.3) is 5.56 Å². The Morgan fingerprint density at radius 1 is 1.44 bits per heavy atom. The summed E-state index contributed by atoms with van der Waals surface area (Å²) >= 11 is 0. The Bertz CT molecular complexity index is 397. The number of nitrogen functional groups attached to an aromatic ring is 1.